The summed E-state index contributed by atoms with van der Waals surface area (Å²) in [5.74, 6) is 0.196. The van der Waals surface area contributed by atoms with Gasteiger partial charge in [0.25, 0.3) is 5.91 Å². The summed E-state index contributed by atoms with van der Waals surface area (Å²) in [5.41, 5.74) is 0. The molecule has 0 aromatic carbocycles. The van der Waals surface area contributed by atoms with Crippen molar-refractivity contribution in [2.24, 2.45) is 0 Å². The van der Waals surface area contributed by atoms with Crippen molar-refractivity contribution in [2.45, 2.75) is 18.9 Å². The second-order valence-electron chi connectivity index (χ2n) is 3.61. The third-order valence-corrected chi connectivity index (χ3v) is 3.08. The van der Waals surface area contributed by atoms with Gasteiger partial charge >= 0.3 is 0 Å². The fourth-order valence-electron chi connectivity index (χ4n) is 1.68. The number of rotatable bonds is 2. The Labute approximate surface area is 109 Å². The van der Waals surface area contributed by atoms with Crippen molar-refractivity contribution in [3.8, 4) is 0 Å². The summed E-state index contributed by atoms with van der Waals surface area (Å²) in [6.45, 7) is 1.88. The predicted octanol–water partition coefficient (Wildman–Crippen LogP) is 1.95. The zero-order chi connectivity index (χ0) is 10.7. The molecule has 0 saturated carbocycles. The Morgan fingerprint density at radius 3 is 3.00 bits per heavy atom. The highest BCUT2D eigenvalue weighted by Gasteiger charge is 2.19. The normalized spacial score (nSPS) is 19.9. The molecule has 0 radical (unpaired) electrons. The van der Waals surface area contributed by atoms with Crippen molar-refractivity contribution < 1.29 is 9.21 Å². The Bertz CT molecular complexity index is 350. The minimum Gasteiger partial charge on any atom is -0.458 e. The topological polar surface area (TPSA) is 54.3 Å². The van der Waals surface area contributed by atoms with E-state index in [9.17, 15) is 4.79 Å². The zero-order valence-electron chi connectivity index (χ0n) is 8.66. The second-order valence-corrected chi connectivity index (χ2v) is 4.47. The second kappa shape index (κ2) is 6.27. The van der Waals surface area contributed by atoms with E-state index < -0.39 is 0 Å². The zero-order valence-corrected chi connectivity index (χ0v) is 11.1. The lowest BCUT2D eigenvalue weighted by atomic mass is 10.1. The molecule has 0 aliphatic carbocycles. The van der Waals surface area contributed by atoms with Crippen LogP contribution in [0.5, 0.6) is 0 Å². The standard InChI is InChI=1S/C10H13BrN2O2.ClH/c11-8-3-5-15-9(8)10(14)13-7-2-1-4-12-6-7;/h3,5,7,12H,1-2,4,6H2,(H,13,14);1H/t7-;/m0./s1. The molecule has 0 unspecified atom stereocenters. The van der Waals surface area contributed by atoms with E-state index in [0.717, 1.165) is 25.9 Å². The maximum atomic E-state index is 11.7. The minimum absolute atomic E-state index is 0. The highest BCUT2D eigenvalue weighted by atomic mass is 79.9. The number of hydrogen-bond acceptors (Lipinski definition) is 3. The maximum absolute atomic E-state index is 11.7. The Hall–Kier alpha value is -0.520. The molecule has 1 aliphatic heterocycles. The smallest absolute Gasteiger partial charge is 0.288 e. The molecule has 4 nitrogen and oxygen atoms in total. The van der Waals surface area contributed by atoms with Crippen LogP contribution in [0.25, 0.3) is 0 Å². The van der Waals surface area contributed by atoms with E-state index in [-0.39, 0.29) is 24.4 Å². The summed E-state index contributed by atoms with van der Waals surface area (Å²) in [4.78, 5) is 11.7. The molecule has 90 valence electrons. The van der Waals surface area contributed by atoms with Gasteiger partial charge in [0.2, 0.25) is 5.76 Å². The average molecular weight is 310 g/mol. The molecule has 2 rings (SSSR count). The van der Waals surface area contributed by atoms with E-state index in [2.05, 4.69) is 26.6 Å². The highest BCUT2D eigenvalue weighted by Crippen LogP contribution is 2.17. The summed E-state index contributed by atoms with van der Waals surface area (Å²) in [6, 6.07) is 1.93. The molecule has 6 heteroatoms. The molecule has 2 heterocycles. The molecule has 1 fully saturated rings. The van der Waals surface area contributed by atoms with Crippen LogP contribution in [0.1, 0.15) is 23.4 Å². The number of carbonyl (C=O) groups is 1. The first-order valence-electron chi connectivity index (χ1n) is 5.02. The summed E-state index contributed by atoms with van der Waals surface area (Å²) in [7, 11) is 0. The molecular weight excluding hydrogens is 295 g/mol. The van der Waals surface area contributed by atoms with Gasteiger partial charge in [-0.1, -0.05) is 0 Å². The fourth-order valence-corrected chi connectivity index (χ4v) is 2.06. The van der Waals surface area contributed by atoms with Gasteiger partial charge in [-0.05, 0) is 41.4 Å². The van der Waals surface area contributed by atoms with E-state index in [0.29, 0.717) is 10.2 Å². The Kier molecular flexibility index (Phi) is 5.31. The number of hydrogen-bond donors (Lipinski definition) is 2. The van der Waals surface area contributed by atoms with E-state index in [1.807, 2.05) is 0 Å². The van der Waals surface area contributed by atoms with Gasteiger partial charge in [0, 0.05) is 12.6 Å². The van der Waals surface area contributed by atoms with Crippen molar-refractivity contribution in [3.63, 3.8) is 0 Å². The highest BCUT2D eigenvalue weighted by molar-refractivity contribution is 9.10. The molecule has 1 aliphatic rings. The summed E-state index contributed by atoms with van der Waals surface area (Å²) in [6.07, 6.45) is 3.62. The summed E-state index contributed by atoms with van der Waals surface area (Å²) in [5, 5.41) is 6.18. The maximum Gasteiger partial charge on any atom is 0.288 e. The number of carbonyl (C=O) groups excluding carboxylic acids is 1. The van der Waals surface area contributed by atoms with Crippen LogP contribution in [-0.2, 0) is 0 Å². The SMILES string of the molecule is Cl.O=C(N[C@H]1CCCNC1)c1occc1Br. The largest absolute Gasteiger partial charge is 0.458 e. The van der Waals surface area contributed by atoms with Gasteiger partial charge in [-0.2, -0.15) is 0 Å². The number of amides is 1. The van der Waals surface area contributed by atoms with Crippen molar-refractivity contribution >= 4 is 34.2 Å². The summed E-state index contributed by atoms with van der Waals surface area (Å²) < 4.78 is 5.79. The molecule has 2 N–H and O–H groups in total. The van der Waals surface area contributed by atoms with Crippen molar-refractivity contribution in [1.82, 2.24) is 10.6 Å². The number of halogens is 2. The van der Waals surface area contributed by atoms with Crippen LogP contribution in [0.2, 0.25) is 0 Å². The van der Waals surface area contributed by atoms with Gasteiger partial charge in [-0.3, -0.25) is 4.79 Å². The quantitative estimate of drug-likeness (QED) is 0.878. The third-order valence-electron chi connectivity index (χ3n) is 2.46. The van der Waals surface area contributed by atoms with Gasteiger partial charge in [-0.15, -0.1) is 12.4 Å². The molecule has 1 atom stereocenters. The Morgan fingerprint density at radius 1 is 1.62 bits per heavy atom. The molecule has 0 spiro atoms. The molecule has 1 amide bonds. The van der Waals surface area contributed by atoms with Crippen molar-refractivity contribution in [2.75, 3.05) is 13.1 Å². The lowest BCUT2D eigenvalue weighted by Gasteiger charge is -2.23. The van der Waals surface area contributed by atoms with Gasteiger partial charge in [0.1, 0.15) is 0 Å². The molecular formula is C10H14BrClN2O2. The predicted molar refractivity (Wildman–Crippen MR) is 67.0 cm³/mol. The van der Waals surface area contributed by atoms with Crippen LogP contribution in [0, 0.1) is 0 Å². The summed E-state index contributed by atoms with van der Waals surface area (Å²) >= 11 is 3.26. The van der Waals surface area contributed by atoms with E-state index in [1.54, 1.807) is 6.07 Å². The Balaban J connectivity index is 0.00000128. The number of nitrogens with one attached hydrogen (secondary N) is 2. The van der Waals surface area contributed by atoms with Gasteiger partial charge in [-0.25, -0.2) is 0 Å². The van der Waals surface area contributed by atoms with Gasteiger partial charge < -0.3 is 15.1 Å². The molecule has 16 heavy (non-hydrogen) atoms. The van der Waals surface area contributed by atoms with Crippen LogP contribution in [0.15, 0.2) is 21.2 Å². The van der Waals surface area contributed by atoms with Crippen LogP contribution in [0.4, 0.5) is 0 Å². The van der Waals surface area contributed by atoms with E-state index >= 15 is 0 Å². The Morgan fingerprint density at radius 2 is 2.44 bits per heavy atom. The molecule has 1 aromatic heterocycles. The fraction of sp³-hybridized carbons (Fsp3) is 0.500. The van der Waals surface area contributed by atoms with Gasteiger partial charge in [0.05, 0.1) is 10.7 Å². The van der Waals surface area contributed by atoms with Gasteiger partial charge in [0.15, 0.2) is 0 Å². The molecule has 1 saturated heterocycles. The number of piperidine rings is 1. The van der Waals surface area contributed by atoms with E-state index in [4.69, 9.17) is 4.42 Å². The lowest BCUT2D eigenvalue weighted by molar-refractivity contribution is 0.0901. The lowest BCUT2D eigenvalue weighted by Crippen LogP contribution is -2.45. The van der Waals surface area contributed by atoms with Crippen LogP contribution in [-0.4, -0.2) is 25.0 Å². The van der Waals surface area contributed by atoms with E-state index in [1.165, 1.54) is 6.26 Å². The number of furan rings is 1. The van der Waals surface area contributed by atoms with Crippen LogP contribution < -0.4 is 10.6 Å². The van der Waals surface area contributed by atoms with Crippen molar-refractivity contribution in [3.05, 3.63) is 22.6 Å². The average Bonchev–Trinajstić information content (AvgIpc) is 2.66. The monoisotopic (exact) mass is 308 g/mol. The minimum atomic E-state index is -0.152. The third kappa shape index (κ3) is 3.23. The van der Waals surface area contributed by atoms with Crippen LogP contribution in [0.3, 0.4) is 0 Å². The van der Waals surface area contributed by atoms with Crippen LogP contribution >= 0.6 is 28.3 Å². The molecule has 0 bridgehead atoms. The first-order valence-corrected chi connectivity index (χ1v) is 5.81. The molecule has 1 aromatic rings. The first kappa shape index (κ1) is 13.5. The first-order chi connectivity index (χ1) is 7.27. The van der Waals surface area contributed by atoms with Crippen molar-refractivity contribution in [1.29, 1.82) is 0 Å².